The number of nitrogens with one attached hydrogen (secondary N) is 1. The van der Waals surface area contributed by atoms with E-state index in [0.717, 1.165) is 5.52 Å². The van der Waals surface area contributed by atoms with Crippen LogP contribution in [0.4, 0.5) is 0 Å². The number of benzene rings is 1. The number of azo groups is 1. The van der Waals surface area contributed by atoms with Crippen molar-refractivity contribution in [2.24, 2.45) is 5.11 Å². The van der Waals surface area contributed by atoms with Crippen LogP contribution in [0.2, 0.25) is 0 Å². The van der Waals surface area contributed by atoms with Gasteiger partial charge in [0.25, 0.3) is 0 Å². The maximum absolute atomic E-state index is 12.6. The first-order chi connectivity index (χ1) is 9.71. The Bertz CT molecular complexity index is 690. The molecule has 0 amide bonds. The molecule has 2 aromatic rings. The Morgan fingerprint density at radius 3 is 2.70 bits per heavy atom. The van der Waals surface area contributed by atoms with E-state index in [2.05, 4.69) is 15.6 Å². The maximum atomic E-state index is 12.6. The Balaban J connectivity index is 2.59. The second-order valence-electron chi connectivity index (χ2n) is 4.31. The zero-order valence-corrected chi connectivity index (χ0v) is 12.1. The van der Waals surface area contributed by atoms with Crippen LogP contribution in [0.5, 0.6) is 0 Å². The number of rotatable bonds is 5. The molecule has 0 bridgehead atoms. The van der Waals surface area contributed by atoms with Crippen molar-refractivity contribution in [3.63, 3.8) is 0 Å². The SMILES string of the molecule is CCN=[N+](CC)Nn1c(CC)nc2ccccc2c1=O. The van der Waals surface area contributed by atoms with Crippen LogP contribution in [0.15, 0.2) is 34.2 Å². The second-order valence-corrected chi connectivity index (χ2v) is 4.31. The molecule has 1 N–H and O–H groups in total. The molecule has 0 atom stereocenters. The van der Waals surface area contributed by atoms with Crippen molar-refractivity contribution in [1.29, 1.82) is 0 Å². The number of fused-ring (bicyclic) bond motifs is 1. The van der Waals surface area contributed by atoms with Gasteiger partial charge >= 0.3 is 5.56 Å². The molecule has 0 spiro atoms. The second kappa shape index (κ2) is 6.27. The lowest BCUT2D eigenvalue weighted by atomic mass is 10.2. The van der Waals surface area contributed by atoms with E-state index in [-0.39, 0.29) is 5.56 Å². The van der Waals surface area contributed by atoms with Gasteiger partial charge in [0.1, 0.15) is 6.54 Å². The topological polar surface area (TPSA) is 62.3 Å². The molecule has 1 heterocycles. The zero-order valence-electron chi connectivity index (χ0n) is 12.1. The molecule has 6 heteroatoms. The number of para-hydroxylation sites is 1. The van der Waals surface area contributed by atoms with Crippen molar-refractivity contribution in [2.45, 2.75) is 27.2 Å². The smallest absolute Gasteiger partial charge is 0.238 e. The summed E-state index contributed by atoms with van der Waals surface area (Å²) >= 11 is 0. The molecule has 20 heavy (non-hydrogen) atoms. The molecule has 0 fully saturated rings. The van der Waals surface area contributed by atoms with Crippen molar-refractivity contribution in [3.05, 3.63) is 40.4 Å². The standard InChI is InChI=1S/C14H20N5O/c1-4-13-16-12-10-8-7-9-11(12)14(20)19(13)17-18(6-3)15-5-2/h7-10H,4-6H2,1-3H3,(H,15,17)/q+1. The fourth-order valence-corrected chi connectivity index (χ4v) is 2.01. The lowest BCUT2D eigenvalue weighted by molar-refractivity contribution is -0.576. The number of aryl methyl sites for hydroxylation is 1. The number of aromatic nitrogens is 2. The molecule has 106 valence electrons. The van der Waals surface area contributed by atoms with Gasteiger partial charge in [-0.2, -0.15) is 0 Å². The monoisotopic (exact) mass is 274 g/mol. The fraction of sp³-hybridized carbons (Fsp3) is 0.429. The minimum atomic E-state index is -0.0998. The van der Waals surface area contributed by atoms with E-state index in [9.17, 15) is 4.79 Å². The van der Waals surface area contributed by atoms with Gasteiger partial charge in [0, 0.05) is 6.42 Å². The highest BCUT2D eigenvalue weighted by Crippen LogP contribution is 2.07. The largest absolute Gasteiger partial charge is 0.367 e. The van der Waals surface area contributed by atoms with Gasteiger partial charge in [0.05, 0.1) is 17.4 Å². The van der Waals surface area contributed by atoms with Gasteiger partial charge in [-0.15, -0.1) is 5.11 Å². The van der Waals surface area contributed by atoms with Crippen molar-refractivity contribution >= 4 is 10.9 Å². The molecule has 0 unspecified atom stereocenters. The average Bonchev–Trinajstić information content (AvgIpc) is 2.49. The third kappa shape index (κ3) is 2.68. The predicted octanol–water partition coefficient (Wildman–Crippen LogP) is 1.92. The van der Waals surface area contributed by atoms with Crippen molar-refractivity contribution < 1.29 is 4.81 Å². The molecule has 0 aliphatic heterocycles. The van der Waals surface area contributed by atoms with E-state index < -0.39 is 0 Å². The summed E-state index contributed by atoms with van der Waals surface area (Å²) in [5, 5.41) is 4.87. The van der Waals surface area contributed by atoms with E-state index in [4.69, 9.17) is 0 Å². The fourth-order valence-electron chi connectivity index (χ4n) is 2.01. The van der Waals surface area contributed by atoms with Crippen LogP contribution in [0, 0.1) is 0 Å². The highest BCUT2D eigenvalue weighted by atomic mass is 16.1. The van der Waals surface area contributed by atoms with Crippen LogP contribution in [0.25, 0.3) is 10.9 Å². The Labute approximate surface area is 117 Å². The Kier molecular flexibility index (Phi) is 4.45. The molecule has 0 radical (unpaired) electrons. The lowest BCUT2D eigenvalue weighted by Crippen LogP contribution is -2.38. The molecule has 1 aromatic carbocycles. The number of hydrogen-bond donors (Lipinski definition) is 1. The Morgan fingerprint density at radius 2 is 2.05 bits per heavy atom. The zero-order chi connectivity index (χ0) is 14.5. The van der Waals surface area contributed by atoms with Gasteiger partial charge in [-0.1, -0.05) is 34.1 Å². The summed E-state index contributed by atoms with van der Waals surface area (Å²) in [5.74, 6) is 0.693. The van der Waals surface area contributed by atoms with E-state index in [1.165, 1.54) is 4.68 Å². The van der Waals surface area contributed by atoms with Crippen LogP contribution in [-0.4, -0.2) is 27.6 Å². The van der Waals surface area contributed by atoms with Crippen molar-refractivity contribution in [3.8, 4) is 0 Å². The van der Waals surface area contributed by atoms with Gasteiger partial charge < -0.3 is 0 Å². The van der Waals surface area contributed by atoms with Crippen molar-refractivity contribution in [1.82, 2.24) is 9.66 Å². The molecule has 1 aromatic heterocycles. The first-order valence-corrected chi connectivity index (χ1v) is 6.93. The number of hydrazine groups is 1. The summed E-state index contributed by atoms with van der Waals surface area (Å²) in [6.45, 7) is 7.21. The van der Waals surface area contributed by atoms with Gasteiger partial charge in [-0.25, -0.2) is 9.78 Å². The minimum Gasteiger partial charge on any atom is -0.238 e. The number of hydrogen-bond acceptors (Lipinski definition) is 3. The first kappa shape index (κ1) is 14.2. The maximum Gasteiger partial charge on any atom is 0.367 e. The highest BCUT2D eigenvalue weighted by Gasteiger charge is 2.16. The summed E-state index contributed by atoms with van der Waals surface area (Å²) in [4.78, 5) is 18.7. The van der Waals surface area contributed by atoms with Crippen LogP contribution in [0.3, 0.4) is 0 Å². The molecule has 0 saturated carbocycles. The quantitative estimate of drug-likeness (QED) is 0.515. The molecule has 0 aliphatic rings. The Morgan fingerprint density at radius 1 is 1.30 bits per heavy atom. The normalized spacial score (nSPS) is 11.8. The summed E-state index contributed by atoms with van der Waals surface area (Å²) in [5.41, 5.74) is 3.64. The highest BCUT2D eigenvalue weighted by molar-refractivity contribution is 5.77. The van der Waals surface area contributed by atoms with Gasteiger partial charge in [0.2, 0.25) is 5.82 Å². The molecule has 0 saturated heterocycles. The molecule has 6 nitrogen and oxygen atoms in total. The molecule has 2 rings (SSSR count). The summed E-state index contributed by atoms with van der Waals surface area (Å²) < 4.78 is 1.48. The van der Waals surface area contributed by atoms with Crippen LogP contribution in [0.1, 0.15) is 26.6 Å². The summed E-state index contributed by atoms with van der Waals surface area (Å²) in [6, 6.07) is 7.37. The summed E-state index contributed by atoms with van der Waals surface area (Å²) in [7, 11) is 0. The summed E-state index contributed by atoms with van der Waals surface area (Å²) in [6.07, 6.45) is 0.663. The molecular weight excluding hydrogens is 254 g/mol. The van der Waals surface area contributed by atoms with Gasteiger partial charge in [-0.3, -0.25) is 0 Å². The first-order valence-electron chi connectivity index (χ1n) is 6.93. The van der Waals surface area contributed by atoms with Crippen molar-refractivity contribution in [2.75, 3.05) is 18.6 Å². The Hall–Kier alpha value is -2.24. The lowest BCUT2D eigenvalue weighted by Gasteiger charge is -2.08. The third-order valence-corrected chi connectivity index (χ3v) is 2.99. The third-order valence-electron chi connectivity index (χ3n) is 2.99. The van der Waals surface area contributed by atoms with E-state index >= 15 is 0 Å². The predicted molar refractivity (Wildman–Crippen MR) is 78.5 cm³/mol. The van der Waals surface area contributed by atoms with Crippen LogP contribution < -0.4 is 11.1 Å². The molecule has 0 aliphatic carbocycles. The molecular formula is C14H20N5O+. The minimum absolute atomic E-state index is 0.0998. The van der Waals surface area contributed by atoms with Gasteiger partial charge in [0.15, 0.2) is 0 Å². The van der Waals surface area contributed by atoms with E-state index in [0.29, 0.717) is 30.7 Å². The van der Waals surface area contributed by atoms with Gasteiger partial charge in [-0.05, 0) is 26.0 Å². The van der Waals surface area contributed by atoms with Crippen LogP contribution in [-0.2, 0) is 6.42 Å². The van der Waals surface area contributed by atoms with Crippen LogP contribution >= 0.6 is 0 Å². The van der Waals surface area contributed by atoms with E-state index in [1.54, 1.807) is 10.9 Å². The number of nitrogens with zero attached hydrogens (tertiary/aromatic N) is 4. The average molecular weight is 274 g/mol. The van der Waals surface area contributed by atoms with E-state index in [1.807, 2.05) is 39.0 Å².